The van der Waals surface area contributed by atoms with Gasteiger partial charge in [-0.3, -0.25) is 4.79 Å². The highest BCUT2D eigenvalue weighted by molar-refractivity contribution is 5.66. The maximum absolute atomic E-state index is 10.4. The molecule has 2 aromatic rings. The molecule has 2 N–H and O–H groups in total. The molecule has 0 aliphatic rings. The van der Waals surface area contributed by atoms with E-state index in [1.807, 2.05) is 54.6 Å². The highest BCUT2D eigenvalue weighted by Gasteiger charge is 1.99. The molecule has 2 aromatic carbocycles. The first-order valence-corrected chi connectivity index (χ1v) is 8.00. The monoisotopic (exact) mass is 329 g/mol. The van der Waals surface area contributed by atoms with Crippen LogP contribution in [0.25, 0.3) is 0 Å². The summed E-state index contributed by atoms with van der Waals surface area (Å²) in [5, 5.41) is 11.7. The number of benzene rings is 2. The van der Waals surface area contributed by atoms with E-state index in [4.69, 9.17) is 14.6 Å². The number of hydrogen-bond donors (Lipinski definition) is 2. The van der Waals surface area contributed by atoms with Crippen molar-refractivity contribution in [3.8, 4) is 5.75 Å². The Morgan fingerprint density at radius 1 is 0.958 bits per heavy atom. The molecule has 128 valence electrons. The van der Waals surface area contributed by atoms with Gasteiger partial charge in [0.1, 0.15) is 12.4 Å². The fourth-order valence-electron chi connectivity index (χ4n) is 2.11. The lowest BCUT2D eigenvalue weighted by Gasteiger charge is -2.08. The molecule has 0 aliphatic heterocycles. The summed E-state index contributed by atoms with van der Waals surface area (Å²) in [6.07, 6.45) is 0.129. The Morgan fingerprint density at radius 2 is 1.71 bits per heavy atom. The second kappa shape index (κ2) is 10.4. The van der Waals surface area contributed by atoms with E-state index in [0.717, 1.165) is 16.9 Å². The third kappa shape index (κ3) is 7.26. The molecule has 0 radical (unpaired) electrons. The van der Waals surface area contributed by atoms with Crippen LogP contribution in [0.3, 0.4) is 0 Å². The van der Waals surface area contributed by atoms with Crippen LogP contribution in [0.15, 0.2) is 54.6 Å². The quantitative estimate of drug-likeness (QED) is 0.621. The van der Waals surface area contributed by atoms with Crippen molar-refractivity contribution in [3.05, 3.63) is 65.7 Å². The van der Waals surface area contributed by atoms with E-state index < -0.39 is 5.97 Å². The number of hydrogen-bond acceptors (Lipinski definition) is 4. The first-order chi connectivity index (χ1) is 11.7. The van der Waals surface area contributed by atoms with Crippen LogP contribution in [0.2, 0.25) is 0 Å². The fraction of sp³-hybridized carbons (Fsp3) is 0.316. The topological polar surface area (TPSA) is 67.8 Å². The Bertz CT molecular complexity index is 599. The van der Waals surface area contributed by atoms with Gasteiger partial charge in [-0.2, -0.15) is 0 Å². The van der Waals surface area contributed by atoms with Gasteiger partial charge in [-0.1, -0.05) is 42.5 Å². The van der Waals surface area contributed by atoms with Crippen molar-refractivity contribution >= 4 is 5.97 Å². The number of aliphatic carboxylic acids is 1. The Hall–Kier alpha value is -2.37. The third-order valence-corrected chi connectivity index (χ3v) is 3.38. The molecule has 2 rings (SSSR count). The highest BCUT2D eigenvalue weighted by atomic mass is 16.5. The summed E-state index contributed by atoms with van der Waals surface area (Å²) in [6.45, 7) is 2.74. The summed E-state index contributed by atoms with van der Waals surface area (Å²) in [7, 11) is 0. The molecule has 0 aromatic heterocycles. The van der Waals surface area contributed by atoms with E-state index >= 15 is 0 Å². The Morgan fingerprint density at radius 3 is 2.42 bits per heavy atom. The molecule has 24 heavy (non-hydrogen) atoms. The Labute approximate surface area is 142 Å². The van der Waals surface area contributed by atoms with E-state index in [9.17, 15) is 4.79 Å². The van der Waals surface area contributed by atoms with Gasteiger partial charge in [0.25, 0.3) is 0 Å². The van der Waals surface area contributed by atoms with Crippen LogP contribution in [0.5, 0.6) is 5.75 Å². The van der Waals surface area contributed by atoms with Gasteiger partial charge in [-0.25, -0.2) is 0 Å². The number of rotatable bonds is 11. The van der Waals surface area contributed by atoms with Gasteiger partial charge in [0.2, 0.25) is 0 Å². The molecule has 0 fully saturated rings. The lowest BCUT2D eigenvalue weighted by atomic mass is 10.2. The first-order valence-electron chi connectivity index (χ1n) is 8.00. The predicted octanol–water partition coefficient (Wildman–Crippen LogP) is 2.85. The van der Waals surface area contributed by atoms with Crippen molar-refractivity contribution in [2.24, 2.45) is 0 Å². The standard InChI is InChI=1S/C19H23NO4/c21-19(22)10-11-20-14-16-6-8-18(9-7-16)24-13-12-23-15-17-4-2-1-3-5-17/h1-9,20H,10-15H2,(H,21,22). The van der Waals surface area contributed by atoms with E-state index in [0.29, 0.717) is 32.9 Å². The minimum atomic E-state index is -0.791. The second-order valence-electron chi connectivity index (χ2n) is 5.35. The maximum atomic E-state index is 10.4. The van der Waals surface area contributed by atoms with Gasteiger partial charge >= 0.3 is 5.97 Å². The molecule has 0 aliphatic carbocycles. The van der Waals surface area contributed by atoms with Gasteiger partial charge in [0.15, 0.2) is 0 Å². The molecule has 0 heterocycles. The van der Waals surface area contributed by atoms with Crippen LogP contribution in [0.1, 0.15) is 17.5 Å². The van der Waals surface area contributed by atoms with Crippen molar-refractivity contribution in [3.63, 3.8) is 0 Å². The SMILES string of the molecule is O=C(O)CCNCc1ccc(OCCOCc2ccccc2)cc1. The van der Waals surface area contributed by atoms with Crippen LogP contribution in [-0.4, -0.2) is 30.8 Å². The number of carboxylic acids is 1. The summed E-state index contributed by atoms with van der Waals surface area (Å²) < 4.78 is 11.2. The van der Waals surface area contributed by atoms with E-state index in [1.54, 1.807) is 0 Å². The maximum Gasteiger partial charge on any atom is 0.304 e. The van der Waals surface area contributed by atoms with Gasteiger partial charge in [0, 0.05) is 13.1 Å². The van der Waals surface area contributed by atoms with Crippen LogP contribution in [0.4, 0.5) is 0 Å². The second-order valence-corrected chi connectivity index (χ2v) is 5.35. The average molecular weight is 329 g/mol. The van der Waals surface area contributed by atoms with E-state index in [1.165, 1.54) is 0 Å². The minimum absolute atomic E-state index is 0.129. The summed E-state index contributed by atoms with van der Waals surface area (Å²) in [5.41, 5.74) is 2.24. The molecule has 0 amide bonds. The number of ether oxygens (including phenoxy) is 2. The van der Waals surface area contributed by atoms with Crippen molar-refractivity contribution in [1.29, 1.82) is 0 Å². The van der Waals surface area contributed by atoms with Crippen molar-refractivity contribution in [2.75, 3.05) is 19.8 Å². The Kier molecular flexibility index (Phi) is 7.80. The van der Waals surface area contributed by atoms with Gasteiger partial charge in [0.05, 0.1) is 19.6 Å². The van der Waals surface area contributed by atoms with E-state index in [2.05, 4.69) is 5.32 Å². The summed E-state index contributed by atoms with van der Waals surface area (Å²) in [5.74, 6) is 0.00771. The zero-order valence-electron chi connectivity index (χ0n) is 13.6. The van der Waals surface area contributed by atoms with Gasteiger partial charge < -0.3 is 19.9 Å². The van der Waals surface area contributed by atoms with Crippen molar-refractivity contribution < 1.29 is 19.4 Å². The van der Waals surface area contributed by atoms with Crippen LogP contribution in [0, 0.1) is 0 Å². The summed E-state index contributed by atoms with van der Waals surface area (Å²) in [4.78, 5) is 10.4. The zero-order valence-corrected chi connectivity index (χ0v) is 13.6. The molecule has 0 bridgehead atoms. The molecular formula is C19H23NO4. The lowest BCUT2D eigenvalue weighted by Crippen LogP contribution is -2.17. The molecule has 0 saturated carbocycles. The molecule has 5 heteroatoms. The summed E-state index contributed by atoms with van der Waals surface area (Å²) >= 11 is 0. The zero-order chi connectivity index (χ0) is 17.0. The molecule has 0 saturated heterocycles. The van der Waals surface area contributed by atoms with E-state index in [-0.39, 0.29) is 6.42 Å². The number of carbonyl (C=O) groups is 1. The fourth-order valence-corrected chi connectivity index (χ4v) is 2.11. The normalized spacial score (nSPS) is 10.5. The molecule has 0 spiro atoms. The van der Waals surface area contributed by atoms with Crippen LogP contribution < -0.4 is 10.1 Å². The first kappa shape index (κ1) is 18.0. The molecular weight excluding hydrogens is 306 g/mol. The largest absolute Gasteiger partial charge is 0.491 e. The van der Waals surface area contributed by atoms with Gasteiger partial charge in [-0.05, 0) is 23.3 Å². The average Bonchev–Trinajstić information content (AvgIpc) is 2.60. The van der Waals surface area contributed by atoms with Crippen LogP contribution >= 0.6 is 0 Å². The molecule has 0 unspecified atom stereocenters. The van der Waals surface area contributed by atoms with Crippen LogP contribution in [-0.2, 0) is 22.7 Å². The molecule has 0 atom stereocenters. The molecule has 5 nitrogen and oxygen atoms in total. The predicted molar refractivity (Wildman–Crippen MR) is 92.0 cm³/mol. The summed E-state index contributed by atoms with van der Waals surface area (Å²) in [6, 6.07) is 17.8. The Balaban J connectivity index is 1.58. The number of nitrogens with one attached hydrogen (secondary N) is 1. The van der Waals surface area contributed by atoms with Crippen molar-refractivity contribution in [1.82, 2.24) is 5.32 Å². The third-order valence-electron chi connectivity index (χ3n) is 3.38. The van der Waals surface area contributed by atoms with Gasteiger partial charge in [-0.15, -0.1) is 0 Å². The van der Waals surface area contributed by atoms with Crippen molar-refractivity contribution in [2.45, 2.75) is 19.6 Å². The lowest BCUT2D eigenvalue weighted by molar-refractivity contribution is -0.136. The number of carboxylic acid groups (broad SMARTS) is 1. The highest BCUT2D eigenvalue weighted by Crippen LogP contribution is 2.12. The minimum Gasteiger partial charge on any atom is -0.491 e. The smallest absolute Gasteiger partial charge is 0.304 e.